The van der Waals surface area contributed by atoms with Crippen molar-refractivity contribution in [2.45, 2.75) is 59.2 Å². The van der Waals surface area contributed by atoms with Crippen LogP contribution in [-0.2, 0) is 14.3 Å². The Morgan fingerprint density at radius 3 is 2.26 bits per heavy atom. The summed E-state index contributed by atoms with van der Waals surface area (Å²) in [5.74, 6) is -0.900. The Morgan fingerprint density at radius 1 is 1.06 bits per heavy atom. The molecule has 0 aliphatic heterocycles. The van der Waals surface area contributed by atoms with E-state index in [1.54, 1.807) is 32.9 Å². The molecule has 0 saturated carbocycles. The Morgan fingerprint density at radius 2 is 1.71 bits per heavy atom. The van der Waals surface area contributed by atoms with Crippen LogP contribution in [0.1, 0.15) is 49.1 Å². The minimum Gasteiger partial charge on any atom is -0.444 e. The maximum atomic E-state index is 13.6. The van der Waals surface area contributed by atoms with E-state index in [0.29, 0.717) is 16.3 Å². The molecule has 2 aromatic carbocycles. The smallest absolute Gasteiger partial charge is 0.408 e. The van der Waals surface area contributed by atoms with Crippen molar-refractivity contribution in [3.63, 3.8) is 0 Å². The molecule has 2 atom stereocenters. The van der Waals surface area contributed by atoms with Crippen LogP contribution >= 0.6 is 24.2 Å². The van der Waals surface area contributed by atoms with E-state index in [4.69, 9.17) is 16.3 Å². The summed E-state index contributed by atoms with van der Waals surface area (Å²) in [5, 5.41) is 5.83. The van der Waals surface area contributed by atoms with Gasteiger partial charge >= 0.3 is 6.09 Å². The lowest BCUT2D eigenvalue weighted by Gasteiger charge is -2.31. The SMILES string of the molecule is Cc1ccc(C(C(=O)Nc2c(C)cccc2Cl)N(C)C(=O)C(CS)NC(=O)OC(C)(C)C)cc1C. The summed E-state index contributed by atoms with van der Waals surface area (Å²) in [7, 11) is 1.52. The zero-order valence-corrected chi connectivity index (χ0v) is 22.9. The molecular weight excluding hydrogens is 486 g/mol. The summed E-state index contributed by atoms with van der Waals surface area (Å²) in [4.78, 5) is 40.6. The summed E-state index contributed by atoms with van der Waals surface area (Å²) in [6, 6.07) is 8.92. The lowest BCUT2D eigenvalue weighted by Crippen LogP contribution is -2.52. The average molecular weight is 520 g/mol. The van der Waals surface area contributed by atoms with Crippen molar-refractivity contribution in [2.24, 2.45) is 0 Å². The van der Waals surface area contributed by atoms with Gasteiger partial charge in [-0.3, -0.25) is 9.59 Å². The molecule has 0 aromatic heterocycles. The summed E-state index contributed by atoms with van der Waals surface area (Å²) in [6.07, 6.45) is -0.739. The number of alkyl carbamates (subject to hydrolysis) is 1. The highest BCUT2D eigenvalue weighted by atomic mass is 35.5. The molecule has 2 N–H and O–H groups in total. The number of rotatable bonds is 7. The highest BCUT2D eigenvalue weighted by Gasteiger charge is 2.34. The van der Waals surface area contributed by atoms with E-state index >= 15 is 0 Å². The lowest BCUT2D eigenvalue weighted by molar-refractivity contribution is -0.138. The first-order valence-electron chi connectivity index (χ1n) is 11.2. The monoisotopic (exact) mass is 519 g/mol. The van der Waals surface area contributed by atoms with Gasteiger partial charge in [0.25, 0.3) is 5.91 Å². The number of carbonyl (C=O) groups excluding carboxylic acids is 3. The number of anilines is 1. The highest BCUT2D eigenvalue weighted by molar-refractivity contribution is 7.80. The minimum atomic E-state index is -0.998. The Hall–Kier alpha value is -2.71. The number of nitrogens with one attached hydrogen (secondary N) is 2. The zero-order valence-electron chi connectivity index (χ0n) is 21.2. The van der Waals surface area contributed by atoms with Crippen LogP contribution in [-0.4, -0.2) is 47.3 Å². The number of para-hydroxylation sites is 1. The number of aryl methyl sites for hydroxylation is 3. The topological polar surface area (TPSA) is 87.7 Å². The van der Waals surface area contributed by atoms with Crippen LogP contribution < -0.4 is 10.6 Å². The molecule has 9 heteroatoms. The average Bonchev–Trinajstić information content (AvgIpc) is 2.75. The van der Waals surface area contributed by atoms with E-state index in [1.807, 2.05) is 45.0 Å². The first kappa shape index (κ1) is 28.5. The molecule has 0 aliphatic rings. The third-order valence-electron chi connectivity index (χ3n) is 5.47. The Bertz CT molecular complexity index is 1080. The van der Waals surface area contributed by atoms with Crippen molar-refractivity contribution in [2.75, 3.05) is 18.1 Å². The van der Waals surface area contributed by atoms with Crippen LogP contribution in [0.15, 0.2) is 36.4 Å². The quantitative estimate of drug-likeness (QED) is 0.437. The van der Waals surface area contributed by atoms with Crippen LogP contribution in [0.5, 0.6) is 0 Å². The van der Waals surface area contributed by atoms with Crippen molar-refractivity contribution >= 4 is 47.8 Å². The van der Waals surface area contributed by atoms with Crippen LogP contribution in [0.3, 0.4) is 0 Å². The predicted molar refractivity (Wildman–Crippen MR) is 143 cm³/mol. The molecule has 2 rings (SSSR count). The second-order valence-corrected chi connectivity index (χ2v) is 10.3. The maximum Gasteiger partial charge on any atom is 0.408 e. The number of carbonyl (C=O) groups is 3. The molecule has 190 valence electrons. The molecule has 0 bridgehead atoms. The molecule has 0 heterocycles. The van der Waals surface area contributed by atoms with Crippen molar-refractivity contribution in [1.82, 2.24) is 10.2 Å². The summed E-state index contributed by atoms with van der Waals surface area (Å²) in [6.45, 7) is 10.9. The van der Waals surface area contributed by atoms with Gasteiger partial charge in [0.2, 0.25) is 5.91 Å². The lowest BCUT2D eigenvalue weighted by atomic mass is 9.98. The normalized spacial score (nSPS) is 12.9. The Labute approximate surface area is 218 Å². The third kappa shape index (κ3) is 7.64. The van der Waals surface area contributed by atoms with Crippen molar-refractivity contribution < 1.29 is 19.1 Å². The molecule has 0 saturated heterocycles. The van der Waals surface area contributed by atoms with Gasteiger partial charge in [-0.2, -0.15) is 12.6 Å². The zero-order chi connectivity index (χ0) is 26.5. The predicted octanol–water partition coefficient (Wildman–Crippen LogP) is 5.23. The van der Waals surface area contributed by atoms with Crippen molar-refractivity contribution in [3.8, 4) is 0 Å². The number of hydrogen-bond donors (Lipinski definition) is 3. The van der Waals surface area contributed by atoms with Gasteiger partial charge in [-0.05, 0) is 69.9 Å². The first-order chi connectivity index (χ1) is 16.2. The fourth-order valence-corrected chi connectivity index (χ4v) is 3.99. The maximum absolute atomic E-state index is 13.6. The number of amides is 3. The van der Waals surface area contributed by atoms with E-state index in [-0.39, 0.29) is 5.75 Å². The molecule has 0 radical (unpaired) electrons. The second kappa shape index (κ2) is 11.8. The van der Waals surface area contributed by atoms with Gasteiger partial charge in [-0.15, -0.1) is 0 Å². The van der Waals surface area contributed by atoms with E-state index in [1.165, 1.54) is 11.9 Å². The molecule has 2 aromatic rings. The van der Waals surface area contributed by atoms with Gasteiger partial charge in [0.1, 0.15) is 17.7 Å². The van der Waals surface area contributed by atoms with Gasteiger partial charge < -0.3 is 20.3 Å². The fraction of sp³-hybridized carbons (Fsp3) is 0.423. The molecule has 7 nitrogen and oxygen atoms in total. The Balaban J connectivity index is 2.41. The molecule has 0 fully saturated rings. The first-order valence-corrected chi connectivity index (χ1v) is 12.3. The molecular formula is C26H34ClN3O4S. The molecule has 2 unspecified atom stereocenters. The number of benzene rings is 2. The van der Waals surface area contributed by atoms with Gasteiger partial charge in [-0.25, -0.2) is 4.79 Å². The standard InChI is InChI=1S/C26H34ClN3O4S/c1-15-11-12-18(13-17(15)3)22(23(31)29-21-16(2)9-8-10-19(21)27)30(7)24(32)20(14-35)28-25(33)34-26(4,5)6/h8-13,20,22,35H,14H2,1-7H3,(H,28,33)(H,29,31). The van der Waals surface area contributed by atoms with Gasteiger partial charge in [0.05, 0.1) is 10.7 Å². The summed E-state index contributed by atoms with van der Waals surface area (Å²) < 4.78 is 5.28. The number of likely N-dealkylation sites (N-methyl/N-ethyl adjacent to an activating group) is 1. The number of halogens is 1. The van der Waals surface area contributed by atoms with Crippen LogP contribution in [0.2, 0.25) is 5.02 Å². The minimum absolute atomic E-state index is 0.0211. The van der Waals surface area contributed by atoms with Crippen LogP contribution in [0, 0.1) is 20.8 Å². The van der Waals surface area contributed by atoms with Crippen molar-refractivity contribution in [3.05, 3.63) is 63.7 Å². The number of thiol groups is 1. The van der Waals surface area contributed by atoms with E-state index < -0.39 is 35.6 Å². The fourth-order valence-electron chi connectivity index (χ4n) is 3.48. The highest BCUT2D eigenvalue weighted by Crippen LogP contribution is 2.29. The second-order valence-electron chi connectivity index (χ2n) is 9.50. The van der Waals surface area contributed by atoms with Crippen LogP contribution in [0.4, 0.5) is 10.5 Å². The molecule has 3 amide bonds. The number of nitrogens with zero attached hydrogens (tertiary/aromatic N) is 1. The van der Waals surface area contributed by atoms with Crippen LogP contribution in [0.25, 0.3) is 0 Å². The molecule has 35 heavy (non-hydrogen) atoms. The van der Waals surface area contributed by atoms with Crippen molar-refractivity contribution in [1.29, 1.82) is 0 Å². The summed E-state index contributed by atoms with van der Waals surface area (Å²) in [5.41, 5.74) is 3.21. The van der Waals surface area contributed by atoms with E-state index in [2.05, 4.69) is 23.3 Å². The number of ether oxygens (including phenoxy) is 1. The van der Waals surface area contributed by atoms with Gasteiger partial charge in [0.15, 0.2) is 0 Å². The van der Waals surface area contributed by atoms with E-state index in [0.717, 1.165) is 16.7 Å². The van der Waals surface area contributed by atoms with E-state index in [9.17, 15) is 14.4 Å². The number of hydrogen-bond acceptors (Lipinski definition) is 5. The largest absolute Gasteiger partial charge is 0.444 e. The Kier molecular flexibility index (Phi) is 9.63. The van der Waals surface area contributed by atoms with Gasteiger partial charge in [-0.1, -0.05) is 41.9 Å². The molecule has 0 aliphatic carbocycles. The third-order valence-corrected chi connectivity index (χ3v) is 6.15. The summed E-state index contributed by atoms with van der Waals surface area (Å²) >= 11 is 10.6. The molecule has 0 spiro atoms. The van der Waals surface area contributed by atoms with Gasteiger partial charge in [0, 0.05) is 12.8 Å².